The van der Waals surface area contributed by atoms with Gasteiger partial charge in [-0.05, 0) is 43.0 Å². The van der Waals surface area contributed by atoms with Gasteiger partial charge in [0.1, 0.15) is 5.82 Å². The van der Waals surface area contributed by atoms with Crippen LogP contribution >= 0.6 is 0 Å². The average molecular weight is 381 g/mol. The number of nitrogens with zero attached hydrogens (tertiary/aromatic N) is 1. The van der Waals surface area contributed by atoms with Gasteiger partial charge in [0, 0.05) is 18.2 Å². The monoisotopic (exact) mass is 381 g/mol. The number of esters is 1. The number of benzene rings is 1. The number of amides is 1. The van der Waals surface area contributed by atoms with Gasteiger partial charge in [0.05, 0.1) is 11.5 Å². The fourth-order valence-corrected chi connectivity index (χ4v) is 4.79. The van der Waals surface area contributed by atoms with Crippen LogP contribution in [0.5, 0.6) is 0 Å². The number of hydrogen-bond donors (Lipinski definition) is 0. The molecule has 0 radical (unpaired) electrons. The molecule has 26 heavy (non-hydrogen) atoms. The number of ether oxygens (including phenoxy) is 1. The molecule has 3 rings (SSSR count). The molecule has 0 bridgehead atoms. The van der Waals surface area contributed by atoms with Crippen LogP contribution < -0.4 is 0 Å². The molecule has 1 atom stereocenters. The highest BCUT2D eigenvalue weighted by atomic mass is 32.2. The second-order valence-electron chi connectivity index (χ2n) is 6.59. The van der Waals surface area contributed by atoms with Crippen molar-refractivity contribution in [3.8, 4) is 0 Å². The first-order valence-electron chi connectivity index (χ1n) is 8.46. The van der Waals surface area contributed by atoms with Crippen molar-refractivity contribution >= 4 is 27.8 Å². The average Bonchev–Trinajstić information content (AvgIpc) is 3.34. The van der Waals surface area contributed by atoms with Crippen molar-refractivity contribution in [3.05, 3.63) is 41.7 Å². The van der Waals surface area contributed by atoms with Crippen molar-refractivity contribution in [2.75, 3.05) is 18.1 Å². The molecule has 1 aromatic rings. The van der Waals surface area contributed by atoms with Crippen LogP contribution in [0.4, 0.5) is 4.39 Å². The Morgan fingerprint density at radius 3 is 2.62 bits per heavy atom. The van der Waals surface area contributed by atoms with E-state index >= 15 is 0 Å². The minimum atomic E-state index is -3.10. The summed E-state index contributed by atoms with van der Waals surface area (Å²) in [6.07, 6.45) is 4.64. The fraction of sp³-hybridized carbons (Fsp3) is 0.444. The van der Waals surface area contributed by atoms with E-state index in [-0.39, 0.29) is 29.5 Å². The summed E-state index contributed by atoms with van der Waals surface area (Å²) in [5.41, 5.74) is 0.504. The number of carbonyl (C=O) groups excluding carboxylic acids is 2. The summed E-state index contributed by atoms with van der Waals surface area (Å²) in [6, 6.07) is 5.43. The molecule has 0 aromatic heterocycles. The molecule has 1 amide bonds. The molecule has 0 N–H and O–H groups in total. The van der Waals surface area contributed by atoms with Crippen LogP contribution in [0.3, 0.4) is 0 Å². The lowest BCUT2D eigenvalue weighted by atomic mass is 10.2. The number of rotatable bonds is 6. The molecule has 1 saturated heterocycles. The zero-order chi connectivity index (χ0) is 18.7. The Labute approximate surface area is 151 Å². The highest BCUT2D eigenvalue weighted by Crippen LogP contribution is 2.32. The van der Waals surface area contributed by atoms with Crippen molar-refractivity contribution in [2.45, 2.75) is 31.3 Å². The van der Waals surface area contributed by atoms with Crippen LogP contribution in [0.15, 0.2) is 30.3 Å². The first-order valence-corrected chi connectivity index (χ1v) is 10.3. The lowest BCUT2D eigenvalue weighted by Crippen LogP contribution is -2.44. The van der Waals surface area contributed by atoms with E-state index < -0.39 is 28.2 Å². The van der Waals surface area contributed by atoms with Gasteiger partial charge >= 0.3 is 5.97 Å². The van der Waals surface area contributed by atoms with Crippen molar-refractivity contribution < 1.29 is 27.1 Å². The zero-order valence-corrected chi connectivity index (χ0v) is 15.0. The number of sulfone groups is 1. The molecule has 6 nitrogen and oxygen atoms in total. The molecule has 140 valence electrons. The first kappa shape index (κ1) is 18.6. The molecule has 1 heterocycles. The maximum Gasteiger partial charge on any atom is 0.331 e. The van der Waals surface area contributed by atoms with Gasteiger partial charge in [-0.2, -0.15) is 0 Å². The second kappa shape index (κ2) is 7.57. The quantitative estimate of drug-likeness (QED) is 0.552. The zero-order valence-electron chi connectivity index (χ0n) is 14.1. The third-order valence-corrected chi connectivity index (χ3v) is 6.18. The van der Waals surface area contributed by atoms with E-state index in [0.717, 1.165) is 18.9 Å². The lowest BCUT2D eigenvalue weighted by Gasteiger charge is -2.28. The molecular weight excluding hydrogens is 361 g/mol. The highest BCUT2D eigenvalue weighted by molar-refractivity contribution is 7.91. The highest BCUT2D eigenvalue weighted by Gasteiger charge is 2.42. The summed E-state index contributed by atoms with van der Waals surface area (Å²) in [5, 5.41) is 0. The van der Waals surface area contributed by atoms with Crippen LogP contribution in [-0.2, 0) is 24.2 Å². The Kier molecular flexibility index (Phi) is 5.41. The van der Waals surface area contributed by atoms with Crippen LogP contribution in [0.25, 0.3) is 6.08 Å². The van der Waals surface area contributed by atoms with E-state index in [0.29, 0.717) is 12.0 Å². The molecule has 1 aromatic carbocycles. The summed E-state index contributed by atoms with van der Waals surface area (Å²) in [7, 11) is -3.10. The third kappa shape index (κ3) is 4.91. The summed E-state index contributed by atoms with van der Waals surface area (Å²) < 4.78 is 41.4. The smallest absolute Gasteiger partial charge is 0.331 e. The molecule has 0 unspecified atom stereocenters. The van der Waals surface area contributed by atoms with E-state index in [2.05, 4.69) is 0 Å². The van der Waals surface area contributed by atoms with Crippen LogP contribution in [0, 0.1) is 5.82 Å². The molecule has 1 aliphatic carbocycles. The molecular formula is C18H20FNO5S. The Morgan fingerprint density at radius 2 is 2.00 bits per heavy atom. The molecule has 0 spiro atoms. The van der Waals surface area contributed by atoms with Gasteiger partial charge in [0.2, 0.25) is 0 Å². The molecule has 2 fully saturated rings. The Morgan fingerprint density at radius 1 is 1.23 bits per heavy atom. The molecule has 1 aliphatic heterocycles. The van der Waals surface area contributed by atoms with Crippen molar-refractivity contribution in [2.24, 2.45) is 0 Å². The Balaban J connectivity index is 1.54. The minimum Gasteiger partial charge on any atom is -0.452 e. The van der Waals surface area contributed by atoms with E-state index in [9.17, 15) is 22.4 Å². The number of carbonyl (C=O) groups is 2. The number of hydrogen-bond acceptors (Lipinski definition) is 5. The standard InChI is InChI=1S/C18H20FNO5S/c19-14-3-1-2-13(10-14)4-7-18(22)25-11-17(21)20(15-5-6-15)16-8-9-26(23,24)12-16/h1-4,7,10,15-16H,5-6,8-9,11-12H2/b7-4+/t16-/m0/s1. The first-order chi connectivity index (χ1) is 12.3. The molecule has 1 saturated carbocycles. The van der Waals surface area contributed by atoms with Gasteiger partial charge in [-0.15, -0.1) is 0 Å². The maximum absolute atomic E-state index is 13.1. The Hall–Kier alpha value is -2.22. The predicted octanol–water partition coefficient (Wildman–Crippen LogP) is 1.56. The Bertz CT molecular complexity index is 832. The largest absolute Gasteiger partial charge is 0.452 e. The summed E-state index contributed by atoms with van der Waals surface area (Å²) in [4.78, 5) is 25.8. The van der Waals surface area contributed by atoms with Crippen LogP contribution in [0.1, 0.15) is 24.8 Å². The summed E-state index contributed by atoms with van der Waals surface area (Å²) in [5.74, 6) is -1.44. The van der Waals surface area contributed by atoms with Gasteiger partial charge < -0.3 is 9.64 Å². The van der Waals surface area contributed by atoms with E-state index in [1.165, 1.54) is 24.3 Å². The van der Waals surface area contributed by atoms with E-state index in [1.54, 1.807) is 11.0 Å². The van der Waals surface area contributed by atoms with Crippen molar-refractivity contribution in [1.82, 2.24) is 4.90 Å². The fourth-order valence-electron chi connectivity index (χ4n) is 3.08. The van der Waals surface area contributed by atoms with Crippen LogP contribution in [-0.4, -0.2) is 55.4 Å². The SMILES string of the molecule is O=C(/C=C/c1cccc(F)c1)OCC(=O)N(C1CC1)[C@H]1CCS(=O)(=O)C1. The van der Waals surface area contributed by atoms with Crippen molar-refractivity contribution in [3.63, 3.8) is 0 Å². The molecule has 2 aliphatic rings. The van der Waals surface area contributed by atoms with E-state index in [4.69, 9.17) is 4.74 Å². The third-order valence-electron chi connectivity index (χ3n) is 4.43. The van der Waals surface area contributed by atoms with Gasteiger partial charge in [0.15, 0.2) is 16.4 Å². The second-order valence-corrected chi connectivity index (χ2v) is 8.81. The topological polar surface area (TPSA) is 80.8 Å². The van der Waals surface area contributed by atoms with E-state index in [1.807, 2.05) is 0 Å². The van der Waals surface area contributed by atoms with Crippen LogP contribution in [0.2, 0.25) is 0 Å². The maximum atomic E-state index is 13.1. The van der Waals surface area contributed by atoms with Gasteiger partial charge in [-0.25, -0.2) is 17.6 Å². The number of halogens is 1. The minimum absolute atomic E-state index is 0.0251. The molecule has 8 heteroatoms. The lowest BCUT2D eigenvalue weighted by molar-refractivity contribution is -0.149. The predicted molar refractivity (Wildman–Crippen MR) is 93.3 cm³/mol. The summed E-state index contributed by atoms with van der Waals surface area (Å²) >= 11 is 0. The van der Waals surface area contributed by atoms with Gasteiger partial charge in [-0.1, -0.05) is 12.1 Å². The summed E-state index contributed by atoms with van der Waals surface area (Å²) in [6.45, 7) is -0.431. The van der Waals surface area contributed by atoms with Gasteiger partial charge in [0.25, 0.3) is 5.91 Å². The van der Waals surface area contributed by atoms with Crippen molar-refractivity contribution in [1.29, 1.82) is 0 Å². The normalized spacial score (nSPS) is 21.7. The van der Waals surface area contributed by atoms with Gasteiger partial charge in [-0.3, -0.25) is 4.79 Å².